The van der Waals surface area contributed by atoms with Crippen molar-refractivity contribution in [3.05, 3.63) is 46.9 Å². The molecule has 84 valence electrons. The van der Waals surface area contributed by atoms with Gasteiger partial charge in [0.25, 0.3) is 0 Å². The maximum atomic E-state index is 4.33. The van der Waals surface area contributed by atoms with Gasteiger partial charge < -0.3 is 4.57 Å². The van der Waals surface area contributed by atoms with Gasteiger partial charge >= 0.3 is 0 Å². The van der Waals surface area contributed by atoms with E-state index in [9.17, 15) is 0 Å². The number of hydrogen-bond donors (Lipinski definition) is 0. The number of allylic oxidation sites excluding steroid dienone is 1. The highest BCUT2D eigenvalue weighted by Gasteiger charge is 2.22. The lowest BCUT2D eigenvalue weighted by Crippen LogP contribution is -2.06. The molecule has 2 aromatic rings. The van der Waals surface area contributed by atoms with Crippen molar-refractivity contribution < 1.29 is 0 Å². The van der Waals surface area contributed by atoms with Crippen LogP contribution in [0, 0.1) is 0 Å². The van der Waals surface area contributed by atoms with Crippen molar-refractivity contribution in [3.8, 4) is 5.82 Å². The third-order valence-electron chi connectivity index (χ3n) is 3.70. The van der Waals surface area contributed by atoms with Crippen molar-refractivity contribution in [2.24, 2.45) is 0 Å². The lowest BCUT2D eigenvalue weighted by atomic mass is 10.2. The van der Waals surface area contributed by atoms with Crippen LogP contribution in [0.25, 0.3) is 11.9 Å². The number of fused-ring (bicyclic) bond motifs is 5. The molecule has 17 heavy (non-hydrogen) atoms. The van der Waals surface area contributed by atoms with Crippen LogP contribution in [0.2, 0.25) is 0 Å². The Morgan fingerprint density at radius 3 is 3.24 bits per heavy atom. The standard InChI is InChI=1S/C14H13N3/c1-3-10-7-8-15-16-14(10)17-12(5-1)9-11-4-2-6-13(11)17/h1,3,7-9H,2,4-6H2. The average Bonchev–Trinajstić information content (AvgIpc) is 2.86. The first-order valence-electron chi connectivity index (χ1n) is 6.14. The third kappa shape index (κ3) is 1.22. The first-order valence-corrected chi connectivity index (χ1v) is 6.14. The van der Waals surface area contributed by atoms with Crippen LogP contribution in [0.3, 0.4) is 0 Å². The average molecular weight is 223 g/mol. The Morgan fingerprint density at radius 2 is 2.24 bits per heavy atom. The number of aryl methyl sites for hydroxylation is 1. The van der Waals surface area contributed by atoms with Crippen LogP contribution in [0.5, 0.6) is 0 Å². The van der Waals surface area contributed by atoms with Crippen LogP contribution in [-0.2, 0) is 19.3 Å². The van der Waals surface area contributed by atoms with E-state index in [0.29, 0.717) is 0 Å². The molecule has 2 aromatic heterocycles. The summed E-state index contributed by atoms with van der Waals surface area (Å²) in [7, 11) is 0. The van der Waals surface area contributed by atoms with Gasteiger partial charge in [-0.1, -0.05) is 12.2 Å². The van der Waals surface area contributed by atoms with Crippen LogP contribution >= 0.6 is 0 Å². The fraction of sp³-hybridized carbons (Fsp3) is 0.286. The van der Waals surface area contributed by atoms with E-state index in [2.05, 4.69) is 33.0 Å². The van der Waals surface area contributed by atoms with E-state index in [1.807, 2.05) is 6.07 Å². The van der Waals surface area contributed by atoms with Gasteiger partial charge in [0.1, 0.15) is 0 Å². The quantitative estimate of drug-likeness (QED) is 0.686. The topological polar surface area (TPSA) is 30.7 Å². The van der Waals surface area contributed by atoms with Gasteiger partial charge in [0.2, 0.25) is 0 Å². The molecule has 0 saturated carbocycles. The molecule has 3 heterocycles. The molecular weight excluding hydrogens is 210 g/mol. The van der Waals surface area contributed by atoms with Gasteiger partial charge in [0.05, 0.1) is 6.20 Å². The van der Waals surface area contributed by atoms with Crippen LogP contribution < -0.4 is 0 Å². The molecule has 0 atom stereocenters. The van der Waals surface area contributed by atoms with Crippen LogP contribution in [0.1, 0.15) is 28.9 Å². The van der Waals surface area contributed by atoms with E-state index in [1.54, 1.807) is 6.20 Å². The predicted molar refractivity (Wildman–Crippen MR) is 66.1 cm³/mol. The van der Waals surface area contributed by atoms with E-state index in [-0.39, 0.29) is 0 Å². The van der Waals surface area contributed by atoms with E-state index < -0.39 is 0 Å². The van der Waals surface area contributed by atoms with Gasteiger partial charge in [-0.05, 0) is 37.0 Å². The Balaban J connectivity index is 2.06. The second-order valence-corrected chi connectivity index (χ2v) is 4.71. The van der Waals surface area contributed by atoms with Crippen LogP contribution in [0.4, 0.5) is 0 Å². The Kier molecular flexibility index (Phi) is 1.78. The molecular formula is C14H13N3. The minimum atomic E-state index is 0.989. The van der Waals surface area contributed by atoms with E-state index >= 15 is 0 Å². The predicted octanol–water partition coefficient (Wildman–Crippen LogP) is 2.33. The molecule has 2 aliphatic rings. The maximum Gasteiger partial charge on any atom is 0.167 e. The van der Waals surface area contributed by atoms with Gasteiger partial charge in [-0.2, -0.15) is 5.10 Å². The molecule has 0 N–H and O–H groups in total. The molecule has 0 aromatic carbocycles. The summed E-state index contributed by atoms with van der Waals surface area (Å²) in [4.78, 5) is 0. The highest BCUT2D eigenvalue weighted by Crippen LogP contribution is 2.31. The van der Waals surface area contributed by atoms with Gasteiger partial charge in [-0.25, -0.2) is 0 Å². The molecule has 0 unspecified atom stereocenters. The fourth-order valence-electron chi connectivity index (χ4n) is 2.96. The Morgan fingerprint density at radius 1 is 1.24 bits per heavy atom. The fourth-order valence-corrected chi connectivity index (χ4v) is 2.96. The zero-order valence-electron chi connectivity index (χ0n) is 9.56. The molecule has 1 aliphatic carbocycles. The molecule has 3 nitrogen and oxygen atoms in total. The molecule has 0 saturated heterocycles. The smallest absolute Gasteiger partial charge is 0.167 e. The van der Waals surface area contributed by atoms with Gasteiger partial charge in [-0.15, -0.1) is 5.10 Å². The van der Waals surface area contributed by atoms with E-state index in [0.717, 1.165) is 12.2 Å². The molecule has 0 amide bonds. The van der Waals surface area contributed by atoms with E-state index in [1.165, 1.54) is 41.8 Å². The zero-order chi connectivity index (χ0) is 11.2. The Labute approximate surface area is 99.8 Å². The molecule has 1 aliphatic heterocycles. The Hall–Kier alpha value is -1.90. The second-order valence-electron chi connectivity index (χ2n) is 4.71. The van der Waals surface area contributed by atoms with Crippen molar-refractivity contribution >= 4 is 6.08 Å². The summed E-state index contributed by atoms with van der Waals surface area (Å²) in [6, 6.07) is 4.38. The van der Waals surface area contributed by atoms with Gasteiger partial charge in [0, 0.05) is 23.4 Å². The summed E-state index contributed by atoms with van der Waals surface area (Å²) in [5, 5.41) is 8.37. The monoisotopic (exact) mass is 223 g/mol. The first-order chi connectivity index (χ1) is 8.43. The minimum absolute atomic E-state index is 0.989. The zero-order valence-corrected chi connectivity index (χ0v) is 9.56. The lowest BCUT2D eigenvalue weighted by Gasteiger charge is -2.10. The highest BCUT2D eigenvalue weighted by molar-refractivity contribution is 5.61. The Bertz CT molecular complexity index is 622. The number of nitrogens with zero attached hydrogens (tertiary/aromatic N) is 3. The van der Waals surface area contributed by atoms with Crippen molar-refractivity contribution in [1.82, 2.24) is 14.8 Å². The summed E-state index contributed by atoms with van der Waals surface area (Å²) in [6.07, 6.45) is 10.8. The number of rotatable bonds is 0. The lowest BCUT2D eigenvalue weighted by molar-refractivity contribution is 0.808. The molecule has 3 heteroatoms. The van der Waals surface area contributed by atoms with E-state index in [4.69, 9.17) is 0 Å². The molecule has 0 fully saturated rings. The highest BCUT2D eigenvalue weighted by atomic mass is 15.2. The summed E-state index contributed by atoms with van der Waals surface area (Å²) in [5.41, 5.74) is 5.48. The summed E-state index contributed by atoms with van der Waals surface area (Å²) in [5.74, 6) is 0.999. The minimum Gasteiger partial charge on any atom is -0.300 e. The van der Waals surface area contributed by atoms with Crippen molar-refractivity contribution in [3.63, 3.8) is 0 Å². The summed E-state index contributed by atoms with van der Waals surface area (Å²) < 4.78 is 2.32. The van der Waals surface area contributed by atoms with Crippen molar-refractivity contribution in [2.75, 3.05) is 0 Å². The second kappa shape index (κ2) is 3.29. The number of hydrogen-bond acceptors (Lipinski definition) is 2. The molecule has 0 radical (unpaired) electrons. The summed E-state index contributed by atoms with van der Waals surface area (Å²) >= 11 is 0. The van der Waals surface area contributed by atoms with Gasteiger partial charge in [-0.3, -0.25) is 0 Å². The first kappa shape index (κ1) is 9.16. The maximum absolute atomic E-state index is 4.33. The van der Waals surface area contributed by atoms with Crippen LogP contribution in [-0.4, -0.2) is 14.8 Å². The molecule has 4 rings (SSSR count). The van der Waals surface area contributed by atoms with Crippen molar-refractivity contribution in [1.29, 1.82) is 0 Å². The molecule has 0 spiro atoms. The van der Waals surface area contributed by atoms with Crippen molar-refractivity contribution in [2.45, 2.75) is 25.7 Å². The molecule has 0 bridgehead atoms. The summed E-state index contributed by atoms with van der Waals surface area (Å²) in [6.45, 7) is 0. The van der Waals surface area contributed by atoms with Gasteiger partial charge in [0.15, 0.2) is 5.82 Å². The number of aromatic nitrogens is 3. The third-order valence-corrected chi connectivity index (χ3v) is 3.70. The van der Waals surface area contributed by atoms with Crippen LogP contribution in [0.15, 0.2) is 24.4 Å². The SMILES string of the molecule is C1=Cc2ccnnc2-n2c(cc3c2CCC3)C1. The largest absolute Gasteiger partial charge is 0.300 e. The normalized spacial score (nSPS) is 16.2.